The first-order chi connectivity index (χ1) is 8.31. The molecule has 0 aliphatic carbocycles. The molecule has 1 rings (SSSR count). The van der Waals surface area contributed by atoms with E-state index in [1.807, 2.05) is 6.07 Å². The van der Waals surface area contributed by atoms with E-state index in [1.165, 1.54) is 13.0 Å². The third-order valence-corrected chi connectivity index (χ3v) is 2.37. The lowest BCUT2D eigenvalue weighted by Crippen LogP contribution is -2.30. The molecule has 0 heterocycles. The molecule has 0 spiro atoms. The van der Waals surface area contributed by atoms with Crippen molar-refractivity contribution in [2.75, 3.05) is 0 Å². The Hall–Kier alpha value is -1.61. The van der Waals surface area contributed by atoms with Crippen molar-refractivity contribution >= 4 is 0 Å². The highest BCUT2D eigenvalue weighted by Crippen LogP contribution is 2.21. The molecule has 1 aromatic rings. The first kappa shape index (κ1) is 14.5. The van der Waals surface area contributed by atoms with Crippen LogP contribution in [0.1, 0.15) is 24.5 Å². The van der Waals surface area contributed by atoms with Gasteiger partial charge in [0.2, 0.25) is 0 Å². The largest absolute Gasteiger partial charge is 0.390 e. The number of rotatable bonds is 4. The standard InChI is InChI=1S/C12H12F4N2/c1-8(5-12(14,15)16)18-7-10-4-11(13)3-2-9(10)6-17/h2-4,8,18H,5,7H2,1H3. The van der Waals surface area contributed by atoms with E-state index in [4.69, 9.17) is 5.26 Å². The Balaban J connectivity index is 2.64. The molecule has 0 saturated carbocycles. The van der Waals surface area contributed by atoms with Crippen LogP contribution in [0.3, 0.4) is 0 Å². The monoisotopic (exact) mass is 260 g/mol. The molecule has 1 unspecified atom stereocenters. The molecule has 98 valence electrons. The van der Waals surface area contributed by atoms with Crippen molar-refractivity contribution in [1.82, 2.24) is 5.32 Å². The maximum Gasteiger partial charge on any atom is 0.390 e. The van der Waals surface area contributed by atoms with Crippen molar-refractivity contribution in [3.8, 4) is 6.07 Å². The van der Waals surface area contributed by atoms with Gasteiger partial charge in [0.25, 0.3) is 0 Å². The van der Waals surface area contributed by atoms with Crippen LogP contribution in [0.25, 0.3) is 0 Å². The lowest BCUT2D eigenvalue weighted by atomic mass is 10.1. The van der Waals surface area contributed by atoms with E-state index in [-0.39, 0.29) is 12.1 Å². The zero-order valence-corrected chi connectivity index (χ0v) is 9.68. The molecular formula is C12H12F4N2. The third-order valence-electron chi connectivity index (χ3n) is 2.37. The molecule has 6 heteroatoms. The normalized spacial score (nSPS) is 13.1. The summed E-state index contributed by atoms with van der Waals surface area (Å²) in [6, 6.07) is 4.67. The number of halogens is 4. The average Bonchev–Trinajstić information content (AvgIpc) is 2.24. The molecular weight excluding hydrogens is 248 g/mol. The van der Waals surface area contributed by atoms with Gasteiger partial charge in [0, 0.05) is 12.6 Å². The maximum atomic E-state index is 13.0. The highest BCUT2D eigenvalue weighted by Gasteiger charge is 2.29. The van der Waals surface area contributed by atoms with Gasteiger partial charge >= 0.3 is 6.18 Å². The van der Waals surface area contributed by atoms with Crippen LogP contribution in [0.5, 0.6) is 0 Å². The van der Waals surface area contributed by atoms with E-state index >= 15 is 0 Å². The average molecular weight is 260 g/mol. The molecule has 1 N–H and O–H groups in total. The molecule has 1 aromatic carbocycles. The van der Waals surface area contributed by atoms with Crippen molar-refractivity contribution in [3.05, 3.63) is 35.1 Å². The third kappa shape index (κ3) is 4.72. The first-order valence-electron chi connectivity index (χ1n) is 5.30. The predicted octanol–water partition coefficient (Wildman–Crippen LogP) is 3.13. The summed E-state index contributed by atoms with van der Waals surface area (Å²) in [6.45, 7) is 1.41. The predicted molar refractivity (Wildman–Crippen MR) is 58.1 cm³/mol. The second kappa shape index (κ2) is 5.83. The number of nitrogens with one attached hydrogen (secondary N) is 1. The Bertz CT molecular complexity index is 448. The fraction of sp³-hybridized carbons (Fsp3) is 0.417. The Morgan fingerprint density at radius 3 is 2.61 bits per heavy atom. The van der Waals surface area contributed by atoms with Crippen molar-refractivity contribution < 1.29 is 17.6 Å². The molecule has 0 fully saturated rings. The van der Waals surface area contributed by atoms with E-state index in [0.29, 0.717) is 5.56 Å². The van der Waals surface area contributed by atoms with Crippen LogP contribution >= 0.6 is 0 Å². The highest BCUT2D eigenvalue weighted by molar-refractivity contribution is 5.37. The minimum absolute atomic E-state index is 0.0257. The number of nitrogens with zero attached hydrogens (tertiary/aromatic N) is 1. The van der Waals surface area contributed by atoms with Gasteiger partial charge in [-0.25, -0.2) is 4.39 Å². The van der Waals surface area contributed by atoms with E-state index in [0.717, 1.165) is 12.1 Å². The van der Waals surface area contributed by atoms with Crippen LogP contribution in [0.2, 0.25) is 0 Å². The summed E-state index contributed by atoms with van der Waals surface area (Å²) >= 11 is 0. The Kier molecular flexibility index (Phi) is 4.68. The topological polar surface area (TPSA) is 35.8 Å². The Morgan fingerprint density at radius 2 is 2.06 bits per heavy atom. The van der Waals surface area contributed by atoms with Gasteiger partial charge in [-0.1, -0.05) is 0 Å². The van der Waals surface area contributed by atoms with E-state index in [9.17, 15) is 17.6 Å². The summed E-state index contributed by atoms with van der Waals surface area (Å²) in [5.74, 6) is -0.519. The first-order valence-corrected chi connectivity index (χ1v) is 5.30. The fourth-order valence-electron chi connectivity index (χ4n) is 1.52. The van der Waals surface area contributed by atoms with Gasteiger partial charge in [-0.2, -0.15) is 18.4 Å². The lowest BCUT2D eigenvalue weighted by molar-refractivity contribution is -0.139. The van der Waals surface area contributed by atoms with Crippen LogP contribution in [0.15, 0.2) is 18.2 Å². The number of nitriles is 1. The van der Waals surface area contributed by atoms with E-state index in [1.54, 1.807) is 0 Å². The molecule has 0 aliphatic heterocycles. The fourth-order valence-corrected chi connectivity index (χ4v) is 1.52. The van der Waals surface area contributed by atoms with E-state index in [2.05, 4.69) is 5.32 Å². The van der Waals surface area contributed by atoms with Crippen LogP contribution in [0, 0.1) is 17.1 Å². The molecule has 2 nitrogen and oxygen atoms in total. The molecule has 18 heavy (non-hydrogen) atoms. The zero-order valence-electron chi connectivity index (χ0n) is 9.68. The van der Waals surface area contributed by atoms with Gasteiger partial charge in [0.05, 0.1) is 18.1 Å². The molecule has 0 bridgehead atoms. The summed E-state index contributed by atoms with van der Waals surface area (Å²) < 4.78 is 49.2. The number of hydrogen-bond donors (Lipinski definition) is 1. The lowest BCUT2D eigenvalue weighted by Gasteiger charge is -2.16. The summed E-state index contributed by atoms with van der Waals surface area (Å²) in [4.78, 5) is 0. The van der Waals surface area contributed by atoms with Crippen molar-refractivity contribution in [2.24, 2.45) is 0 Å². The van der Waals surface area contributed by atoms with Crippen molar-refractivity contribution in [3.63, 3.8) is 0 Å². The van der Waals surface area contributed by atoms with Crippen LogP contribution < -0.4 is 5.32 Å². The number of benzene rings is 1. The zero-order chi connectivity index (χ0) is 13.8. The smallest absolute Gasteiger partial charge is 0.310 e. The van der Waals surface area contributed by atoms with Gasteiger partial charge in [0.15, 0.2) is 0 Å². The second-order valence-corrected chi connectivity index (χ2v) is 4.01. The maximum absolute atomic E-state index is 13.0. The quantitative estimate of drug-likeness (QED) is 0.844. The van der Waals surface area contributed by atoms with Crippen molar-refractivity contribution in [1.29, 1.82) is 5.26 Å². The molecule has 0 aliphatic rings. The minimum Gasteiger partial charge on any atom is -0.310 e. The molecule has 0 saturated heterocycles. The Labute approximate surface area is 102 Å². The summed E-state index contributed by atoms with van der Waals surface area (Å²) in [7, 11) is 0. The molecule has 0 aromatic heterocycles. The molecule has 0 radical (unpaired) electrons. The van der Waals surface area contributed by atoms with Gasteiger partial charge in [-0.3, -0.25) is 0 Å². The van der Waals surface area contributed by atoms with Crippen LogP contribution in [0.4, 0.5) is 17.6 Å². The molecule has 0 amide bonds. The van der Waals surface area contributed by atoms with E-state index < -0.39 is 24.5 Å². The summed E-state index contributed by atoms with van der Waals surface area (Å²) in [5, 5.41) is 11.4. The van der Waals surface area contributed by atoms with Crippen LogP contribution in [-0.4, -0.2) is 12.2 Å². The SMILES string of the molecule is CC(CC(F)(F)F)NCc1cc(F)ccc1C#N. The summed E-state index contributed by atoms with van der Waals surface area (Å²) in [6.07, 6.45) is -5.21. The van der Waals surface area contributed by atoms with Crippen LogP contribution in [-0.2, 0) is 6.54 Å². The highest BCUT2D eigenvalue weighted by atomic mass is 19.4. The van der Waals surface area contributed by atoms with Crippen molar-refractivity contribution in [2.45, 2.75) is 32.1 Å². The Morgan fingerprint density at radius 1 is 1.39 bits per heavy atom. The second-order valence-electron chi connectivity index (χ2n) is 4.01. The number of alkyl halides is 3. The van der Waals surface area contributed by atoms with Gasteiger partial charge in [-0.05, 0) is 30.7 Å². The van der Waals surface area contributed by atoms with Gasteiger partial charge < -0.3 is 5.32 Å². The van der Waals surface area contributed by atoms with Gasteiger partial charge in [-0.15, -0.1) is 0 Å². The van der Waals surface area contributed by atoms with Gasteiger partial charge in [0.1, 0.15) is 5.82 Å². The summed E-state index contributed by atoms with van der Waals surface area (Å²) in [5.41, 5.74) is 0.606. The molecule has 1 atom stereocenters. The number of hydrogen-bond acceptors (Lipinski definition) is 2. The minimum atomic E-state index is -4.24.